The Kier molecular flexibility index (Phi) is 5.42. The van der Waals surface area contributed by atoms with E-state index < -0.39 is 0 Å². The van der Waals surface area contributed by atoms with Crippen LogP contribution in [-0.4, -0.2) is 25.2 Å². The molecule has 0 saturated heterocycles. The lowest BCUT2D eigenvalue weighted by Crippen LogP contribution is -2.43. The molecule has 0 bridgehead atoms. The average molecular weight is 317 g/mol. The molecule has 2 aliphatic rings. The van der Waals surface area contributed by atoms with Crippen LogP contribution >= 0.6 is 0 Å². The summed E-state index contributed by atoms with van der Waals surface area (Å²) < 4.78 is 11.6. The second-order valence-electron chi connectivity index (χ2n) is 6.75. The van der Waals surface area contributed by atoms with E-state index in [4.69, 9.17) is 9.47 Å². The van der Waals surface area contributed by atoms with Crippen molar-refractivity contribution in [2.45, 2.75) is 51.6 Å². The van der Waals surface area contributed by atoms with Crippen molar-refractivity contribution in [1.29, 1.82) is 0 Å². The maximum absolute atomic E-state index is 12.3. The number of rotatable bonds is 5. The van der Waals surface area contributed by atoms with Crippen molar-refractivity contribution in [3.8, 4) is 11.5 Å². The van der Waals surface area contributed by atoms with Crippen LogP contribution in [0.4, 0.5) is 0 Å². The number of ether oxygens (including phenoxy) is 2. The molecule has 1 amide bonds. The normalized spacial score (nSPS) is 26.6. The number of hydrogen-bond acceptors (Lipinski definition) is 3. The Labute approximate surface area is 138 Å². The topological polar surface area (TPSA) is 47.6 Å². The van der Waals surface area contributed by atoms with Crippen LogP contribution in [0.25, 0.3) is 0 Å². The van der Waals surface area contributed by atoms with Gasteiger partial charge in [0.1, 0.15) is 12.7 Å². The van der Waals surface area contributed by atoms with Gasteiger partial charge in [-0.25, -0.2) is 0 Å². The Morgan fingerprint density at radius 1 is 1.17 bits per heavy atom. The number of fused-ring (bicyclic) bond motifs is 1. The highest BCUT2D eigenvalue weighted by Crippen LogP contribution is 2.32. The van der Waals surface area contributed by atoms with Gasteiger partial charge in [-0.3, -0.25) is 4.79 Å². The van der Waals surface area contributed by atoms with Gasteiger partial charge in [0.15, 0.2) is 11.5 Å². The summed E-state index contributed by atoms with van der Waals surface area (Å²) in [7, 11) is 0. The summed E-state index contributed by atoms with van der Waals surface area (Å²) in [5.74, 6) is 2.74. The maximum atomic E-state index is 12.3. The summed E-state index contributed by atoms with van der Waals surface area (Å²) in [6, 6.07) is 7.66. The Morgan fingerprint density at radius 3 is 2.65 bits per heavy atom. The number of hydrogen-bond donors (Lipinski definition) is 1. The summed E-state index contributed by atoms with van der Waals surface area (Å²) in [6.07, 6.45) is 6.90. The third-order valence-electron chi connectivity index (χ3n) is 4.99. The lowest BCUT2D eigenvalue weighted by Gasteiger charge is -2.29. The Bertz CT molecular complexity index is 523. The van der Waals surface area contributed by atoms with Crippen LogP contribution in [0.3, 0.4) is 0 Å². The molecule has 0 radical (unpaired) electrons. The summed E-state index contributed by atoms with van der Waals surface area (Å²) in [5.41, 5.74) is 0. The fourth-order valence-corrected chi connectivity index (χ4v) is 3.64. The van der Waals surface area contributed by atoms with Gasteiger partial charge < -0.3 is 14.8 Å². The van der Waals surface area contributed by atoms with Crippen molar-refractivity contribution < 1.29 is 14.3 Å². The van der Waals surface area contributed by atoms with Crippen LogP contribution in [0.1, 0.15) is 45.4 Å². The quantitative estimate of drug-likeness (QED) is 0.903. The number of carbonyl (C=O) groups excluding carboxylic acids is 1. The van der Waals surface area contributed by atoms with E-state index in [9.17, 15) is 4.79 Å². The van der Waals surface area contributed by atoms with E-state index in [0.29, 0.717) is 13.2 Å². The van der Waals surface area contributed by atoms with Crippen LogP contribution in [0.5, 0.6) is 11.5 Å². The van der Waals surface area contributed by atoms with E-state index in [0.717, 1.165) is 30.3 Å². The molecule has 1 unspecified atom stereocenters. The molecule has 1 saturated carbocycles. The fraction of sp³-hybridized carbons (Fsp3) is 0.632. The first kappa shape index (κ1) is 16.2. The third-order valence-corrected chi connectivity index (χ3v) is 4.99. The number of benzene rings is 1. The molecule has 23 heavy (non-hydrogen) atoms. The van der Waals surface area contributed by atoms with Crippen molar-refractivity contribution in [1.82, 2.24) is 5.32 Å². The number of amides is 1. The lowest BCUT2D eigenvalue weighted by molar-refractivity contribution is -0.126. The molecule has 4 nitrogen and oxygen atoms in total. The first-order chi connectivity index (χ1) is 11.3. The minimum Gasteiger partial charge on any atom is -0.486 e. The van der Waals surface area contributed by atoms with E-state index in [1.54, 1.807) is 0 Å². The molecule has 0 spiro atoms. The minimum absolute atomic E-state index is 0.106. The van der Waals surface area contributed by atoms with Gasteiger partial charge in [-0.2, -0.15) is 0 Å². The zero-order valence-electron chi connectivity index (χ0n) is 13.9. The zero-order valence-corrected chi connectivity index (χ0v) is 13.9. The molecule has 3 rings (SSSR count). The molecule has 4 heteroatoms. The van der Waals surface area contributed by atoms with Crippen molar-refractivity contribution in [3.63, 3.8) is 0 Å². The molecule has 1 heterocycles. The van der Waals surface area contributed by atoms with Gasteiger partial charge in [-0.15, -0.1) is 0 Å². The molecule has 1 aliphatic carbocycles. The van der Waals surface area contributed by atoms with Gasteiger partial charge >= 0.3 is 0 Å². The van der Waals surface area contributed by atoms with E-state index in [-0.39, 0.29) is 17.9 Å². The van der Waals surface area contributed by atoms with Crippen LogP contribution < -0.4 is 14.8 Å². The SMILES string of the molecule is CCCC1CCC(C(=O)NCC2COc3ccccc3O2)CC1. The summed E-state index contributed by atoms with van der Waals surface area (Å²) in [5, 5.41) is 3.06. The monoisotopic (exact) mass is 317 g/mol. The second kappa shape index (κ2) is 7.71. The molecule has 1 aliphatic heterocycles. The highest BCUT2D eigenvalue weighted by atomic mass is 16.6. The summed E-state index contributed by atoms with van der Waals surface area (Å²) in [6.45, 7) is 3.24. The molecule has 1 aromatic rings. The molecule has 1 aromatic carbocycles. The van der Waals surface area contributed by atoms with Crippen LogP contribution in [0.15, 0.2) is 24.3 Å². The first-order valence-corrected chi connectivity index (χ1v) is 8.92. The lowest BCUT2D eigenvalue weighted by atomic mass is 9.80. The second-order valence-corrected chi connectivity index (χ2v) is 6.75. The van der Waals surface area contributed by atoms with Crippen molar-refractivity contribution in [3.05, 3.63) is 24.3 Å². The van der Waals surface area contributed by atoms with Gasteiger partial charge in [0.05, 0.1) is 6.54 Å². The van der Waals surface area contributed by atoms with E-state index in [1.165, 1.54) is 25.7 Å². The molecular weight excluding hydrogens is 290 g/mol. The molecule has 1 N–H and O–H groups in total. The predicted molar refractivity (Wildman–Crippen MR) is 89.7 cm³/mol. The van der Waals surface area contributed by atoms with Crippen LogP contribution in [0, 0.1) is 11.8 Å². The largest absolute Gasteiger partial charge is 0.486 e. The predicted octanol–water partition coefficient (Wildman–Crippen LogP) is 3.55. The van der Waals surface area contributed by atoms with Crippen molar-refractivity contribution in [2.24, 2.45) is 11.8 Å². The standard InChI is InChI=1S/C19H27NO3/c1-2-5-14-8-10-15(11-9-14)19(21)20-12-16-13-22-17-6-3-4-7-18(17)23-16/h3-4,6-7,14-16H,2,5,8-13H2,1H3,(H,20,21). The first-order valence-electron chi connectivity index (χ1n) is 8.92. The number of nitrogens with one attached hydrogen (secondary N) is 1. The molecule has 1 atom stereocenters. The summed E-state index contributed by atoms with van der Waals surface area (Å²) >= 11 is 0. The molecule has 0 aromatic heterocycles. The minimum atomic E-state index is -0.106. The van der Waals surface area contributed by atoms with Gasteiger partial charge in [0.25, 0.3) is 0 Å². The average Bonchev–Trinajstić information content (AvgIpc) is 2.60. The smallest absolute Gasteiger partial charge is 0.223 e. The third kappa shape index (κ3) is 4.18. The van der Waals surface area contributed by atoms with Gasteiger partial charge in [0.2, 0.25) is 5.91 Å². The summed E-state index contributed by atoms with van der Waals surface area (Å²) in [4.78, 5) is 12.3. The highest BCUT2D eigenvalue weighted by Gasteiger charge is 2.27. The Balaban J connectivity index is 1.42. The Morgan fingerprint density at radius 2 is 1.91 bits per heavy atom. The van der Waals surface area contributed by atoms with Crippen molar-refractivity contribution in [2.75, 3.05) is 13.2 Å². The number of carbonyl (C=O) groups is 1. The molecule has 1 fully saturated rings. The van der Waals surface area contributed by atoms with Crippen LogP contribution in [-0.2, 0) is 4.79 Å². The van der Waals surface area contributed by atoms with Crippen molar-refractivity contribution >= 4 is 5.91 Å². The fourth-order valence-electron chi connectivity index (χ4n) is 3.64. The molecular formula is C19H27NO3. The van der Waals surface area contributed by atoms with E-state index >= 15 is 0 Å². The highest BCUT2D eigenvalue weighted by molar-refractivity contribution is 5.78. The van der Waals surface area contributed by atoms with Gasteiger partial charge in [0, 0.05) is 5.92 Å². The number of para-hydroxylation sites is 2. The van der Waals surface area contributed by atoms with Crippen LogP contribution in [0.2, 0.25) is 0 Å². The molecule has 126 valence electrons. The van der Waals surface area contributed by atoms with E-state index in [2.05, 4.69) is 12.2 Å². The maximum Gasteiger partial charge on any atom is 0.223 e. The Hall–Kier alpha value is -1.71. The van der Waals surface area contributed by atoms with Gasteiger partial charge in [-0.05, 0) is 43.7 Å². The zero-order chi connectivity index (χ0) is 16.1. The van der Waals surface area contributed by atoms with E-state index in [1.807, 2.05) is 24.3 Å². The van der Waals surface area contributed by atoms with Gasteiger partial charge in [-0.1, -0.05) is 31.9 Å².